The highest BCUT2D eigenvalue weighted by atomic mass is 16.5. The summed E-state index contributed by atoms with van der Waals surface area (Å²) in [7, 11) is 1.72. The number of guanidine groups is 1. The number of ether oxygens (including phenoxy) is 1. The number of nitrogens with one attached hydrogen (secondary N) is 1. The molecule has 0 saturated carbocycles. The molecule has 1 saturated heterocycles. The first-order chi connectivity index (χ1) is 13.2. The summed E-state index contributed by atoms with van der Waals surface area (Å²) in [6.45, 7) is 2.75. The molecule has 4 rings (SSSR count). The van der Waals surface area contributed by atoms with Gasteiger partial charge in [0.25, 0.3) is 0 Å². The first-order valence-corrected chi connectivity index (χ1v) is 9.79. The first-order valence-electron chi connectivity index (χ1n) is 9.79. The molecular formula is C22H28N4O. The molecule has 2 aromatic rings. The van der Waals surface area contributed by atoms with Gasteiger partial charge in [0.1, 0.15) is 5.75 Å². The average molecular weight is 364 g/mol. The van der Waals surface area contributed by atoms with E-state index in [2.05, 4.69) is 45.5 Å². The maximum atomic E-state index is 6.13. The number of methoxy groups -OCH3 is 1. The number of hydrogen-bond acceptors (Lipinski definition) is 3. The molecule has 5 nitrogen and oxygen atoms in total. The van der Waals surface area contributed by atoms with Crippen molar-refractivity contribution in [2.24, 2.45) is 16.6 Å². The summed E-state index contributed by atoms with van der Waals surface area (Å²) in [5.74, 6) is 1.94. The van der Waals surface area contributed by atoms with E-state index in [-0.39, 0.29) is 0 Å². The lowest BCUT2D eigenvalue weighted by Crippen LogP contribution is -2.25. The van der Waals surface area contributed by atoms with E-state index in [4.69, 9.17) is 10.5 Å². The Kier molecular flexibility index (Phi) is 5.19. The number of aryl methyl sites for hydroxylation is 2. The molecule has 2 aliphatic rings. The molecule has 5 heteroatoms. The predicted octanol–water partition coefficient (Wildman–Crippen LogP) is 3.44. The van der Waals surface area contributed by atoms with E-state index in [1.807, 2.05) is 12.1 Å². The Hall–Kier alpha value is -2.69. The fraction of sp³-hybridized carbons (Fsp3) is 0.409. The van der Waals surface area contributed by atoms with Crippen molar-refractivity contribution in [2.45, 2.75) is 25.7 Å². The largest absolute Gasteiger partial charge is 0.495 e. The number of nitrogens with zero attached hydrogens (tertiary/aromatic N) is 2. The molecule has 0 aromatic heterocycles. The summed E-state index contributed by atoms with van der Waals surface area (Å²) in [5, 5.41) is 3.25. The van der Waals surface area contributed by atoms with Crippen LogP contribution in [0, 0.1) is 5.92 Å². The van der Waals surface area contributed by atoms with Crippen LogP contribution in [0.25, 0.3) is 0 Å². The zero-order valence-electron chi connectivity index (χ0n) is 15.9. The smallest absolute Gasteiger partial charge is 0.193 e. The topological polar surface area (TPSA) is 62.9 Å². The van der Waals surface area contributed by atoms with Crippen LogP contribution >= 0.6 is 0 Å². The second kappa shape index (κ2) is 7.91. The monoisotopic (exact) mass is 364 g/mol. The van der Waals surface area contributed by atoms with Crippen molar-refractivity contribution in [1.82, 2.24) is 0 Å². The third-order valence-corrected chi connectivity index (χ3v) is 5.60. The van der Waals surface area contributed by atoms with E-state index in [0.29, 0.717) is 11.9 Å². The molecule has 27 heavy (non-hydrogen) atoms. The van der Waals surface area contributed by atoms with Gasteiger partial charge in [-0.1, -0.05) is 18.2 Å². The van der Waals surface area contributed by atoms with Gasteiger partial charge in [0.2, 0.25) is 0 Å². The van der Waals surface area contributed by atoms with Gasteiger partial charge < -0.3 is 20.7 Å². The molecule has 0 bridgehead atoms. The average Bonchev–Trinajstić information content (AvgIpc) is 3.35. The molecule has 1 aliphatic heterocycles. The summed E-state index contributed by atoms with van der Waals surface area (Å²) in [6.07, 6.45) is 4.74. The lowest BCUT2D eigenvalue weighted by molar-refractivity contribution is 0.414. The van der Waals surface area contributed by atoms with Crippen molar-refractivity contribution in [3.05, 3.63) is 53.6 Å². The van der Waals surface area contributed by atoms with Gasteiger partial charge in [-0.25, -0.2) is 0 Å². The predicted molar refractivity (Wildman–Crippen MR) is 112 cm³/mol. The first kappa shape index (κ1) is 17.7. The lowest BCUT2D eigenvalue weighted by Gasteiger charge is -2.21. The Morgan fingerprint density at radius 3 is 2.96 bits per heavy atom. The normalized spacial score (nSPS) is 19.2. The number of para-hydroxylation sites is 2. The van der Waals surface area contributed by atoms with Gasteiger partial charge in [-0.05, 0) is 67.0 Å². The van der Waals surface area contributed by atoms with Crippen molar-refractivity contribution in [2.75, 3.05) is 37.0 Å². The van der Waals surface area contributed by atoms with Crippen LogP contribution < -0.4 is 20.7 Å². The summed E-state index contributed by atoms with van der Waals surface area (Å²) in [6, 6.07) is 14.7. The van der Waals surface area contributed by atoms with Gasteiger partial charge in [-0.15, -0.1) is 0 Å². The van der Waals surface area contributed by atoms with Crippen molar-refractivity contribution >= 4 is 17.3 Å². The molecule has 3 N–H and O–H groups in total. The van der Waals surface area contributed by atoms with Crippen LogP contribution in [0.15, 0.2) is 47.5 Å². The number of nitrogens with two attached hydrogens (primary N) is 1. The molecule has 0 amide bonds. The molecule has 1 aliphatic carbocycles. The number of rotatable bonds is 5. The van der Waals surface area contributed by atoms with Crippen LogP contribution in [0.3, 0.4) is 0 Å². The van der Waals surface area contributed by atoms with Gasteiger partial charge in [0.05, 0.1) is 12.8 Å². The molecule has 2 aromatic carbocycles. The molecule has 1 fully saturated rings. The minimum Gasteiger partial charge on any atom is -0.495 e. The van der Waals surface area contributed by atoms with E-state index in [1.54, 1.807) is 7.11 Å². The van der Waals surface area contributed by atoms with Gasteiger partial charge in [0, 0.05) is 25.3 Å². The molecule has 1 unspecified atom stereocenters. The van der Waals surface area contributed by atoms with Gasteiger partial charge in [-0.2, -0.15) is 0 Å². The van der Waals surface area contributed by atoms with Crippen molar-refractivity contribution in [1.29, 1.82) is 0 Å². The van der Waals surface area contributed by atoms with E-state index in [9.17, 15) is 0 Å². The minimum absolute atomic E-state index is 0.503. The maximum Gasteiger partial charge on any atom is 0.193 e. The maximum absolute atomic E-state index is 6.13. The number of hydrogen-bond donors (Lipinski definition) is 2. The summed E-state index contributed by atoms with van der Waals surface area (Å²) in [5.41, 5.74) is 11.2. The van der Waals surface area contributed by atoms with Crippen LogP contribution in [0.2, 0.25) is 0 Å². The Bertz CT molecular complexity index is 833. The van der Waals surface area contributed by atoms with Crippen molar-refractivity contribution in [3.63, 3.8) is 0 Å². The zero-order chi connectivity index (χ0) is 18.6. The minimum atomic E-state index is 0.503. The van der Waals surface area contributed by atoms with Gasteiger partial charge in [-0.3, -0.25) is 4.99 Å². The second-order valence-electron chi connectivity index (χ2n) is 7.46. The highest BCUT2D eigenvalue weighted by molar-refractivity contribution is 5.92. The molecule has 0 spiro atoms. The third-order valence-electron chi connectivity index (χ3n) is 5.60. The highest BCUT2D eigenvalue weighted by Crippen LogP contribution is 2.32. The number of benzene rings is 2. The second-order valence-corrected chi connectivity index (χ2v) is 7.46. The van der Waals surface area contributed by atoms with Crippen LogP contribution in [0.5, 0.6) is 5.75 Å². The number of fused-ring (bicyclic) bond motifs is 1. The summed E-state index contributed by atoms with van der Waals surface area (Å²) >= 11 is 0. The van der Waals surface area contributed by atoms with Gasteiger partial charge >= 0.3 is 0 Å². The summed E-state index contributed by atoms with van der Waals surface area (Å²) < 4.78 is 5.49. The summed E-state index contributed by atoms with van der Waals surface area (Å²) in [4.78, 5) is 6.97. The molecule has 0 radical (unpaired) electrons. The zero-order valence-corrected chi connectivity index (χ0v) is 15.9. The van der Waals surface area contributed by atoms with Crippen LogP contribution in [0.1, 0.15) is 24.0 Å². The van der Waals surface area contributed by atoms with Crippen LogP contribution in [0.4, 0.5) is 11.4 Å². The fourth-order valence-corrected chi connectivity index (χ4v) is 4.16. The number of anilines is 2. The Morgan fingerprint density at radius 2 is 2.07 bits per heavy atom. The van der Waals surface area contributed by atoms with Crippen molar-refractivity contribution in [3.8, 4) is 5.75 Å². The van der Waals surface area contributed by atoms with Crippen molar-refractivity contribution < 1.29 is 4.74 Å². The van der Waals surface area contributed by atoms with Crippen LogP contribution in [-0.4, -0.2) is 32.7 Å². The van der Waals surface area contributed by atoms with E-state index in [0.717, 1.165) is 43.2 Å². The molecule has 142 valence electrons. The highest BCUT2D eigenvalue weighted by Gasteiger charge is 2.24. The van der Waals surface area contributed by atoms with E-state index >= 15 is 0 Å². The van der Waals surface area contributed by atoms with Gasteiger partial charge in [0.15, 0.2) is 5.96 Å². The quantitative estimate of drug-likeness (QED) is 0.630. The molecule has 1 heterocycles. The fourth-order valence-electron chi connectivity index (χ4n) is 4.16. The standard InChI is InChI=1S/C22H28N4O/c1-27-21-8-3-2-7-20(21)26-12-11-16(15-26)14-24-22(23)25-19-10-9-17-5-4-6-18(17)13-19/h2-3,7-10,13,16H,4-6,11-12,14-15H2,1H3,(H3,23,24,25). The SMILES string of the molecule is COc1ccccc1N1CCC(CN=C(N)Nc2ccc3c(c2)CCC3)C1. The van der Waals surface area contributed by atoms with E-state index < -0.39 is 0 Å². The van der Waals surface area contributed by atoms with E-state index in [1.165, 1.54) is 30.4 Å². The molecule has 1 atom stereocenters. The third kappa shape index (κ3) is 4.02. The number of aliphatic imine (C=N–C) groups is 1. The molecular weight excluding hydrogens is 336 g/mol. The Labute approximate surface area is 161 Å². The Morgan fingerprint density at radius 1 is 1.22 bits per heavy atom. The lowest BCUT2D eigenvalue weighted by atomic mass is 10.1. The van der Waals surface area contributed by atoms with Crippen LogP contribution in [-0.2, 0) is 12.8 Å². The Balaban J connectivity index is 1.33.